The molecule has 0 aliphatic heterocycles. The molecule has 1 aliphatic rings. The molecular weight excluding hydrogens is 220 g/mol. The second-order valence-corrected chi connectivity index (χ2v) is 6.15. The van der Waals surface area contributed by atoms with Crippen molar-refractivity contribution in [3.63, 3.8) is 0 Å². The fraction of sp³-hybridized carbons (Fsp3) is 0.375. The molecule has 2 rings (SSSR count). The van der Waals surface area contributed by atoms with E-state index in [1.807, 2.05) is 6.07 Å². The Morgan fingerprint density at radius 3 is 2.71 bits per heavy atom. The van der Waals surface area contributed by atoms with Crippen molar-refractivity contribution >= 4 is 21.4 Å². The molecule has 1 heterocycles. The van der Waals surface area contributed by atoms with Gasteiger partial charge in [-0.15, -0.1) is 11.3 Å². The van der Waals surface area contributed by atoms with Crippen LogP contribution in [-0.2, 0) is 10.0 Å². The first kappa shape index (κ1) is 9.65. The van der Waals surface area contributed by atoms with Gasteiger partial charge in [-0.05, 0) is 25.0 Å². The van der Waals surface area contributed by atoms with E-state index in [9.17, 15) is 8.42 Å². The molecule has 14 heavy (non-hydrogen) atoms. The summed E-state index contributed by atoms with van der Waals surface area (Å²) in [5, 5.41) is 8.56. The first-order valence-electron chi connectivity index (χ1n) is 4.14. The second-order valence-electron chi connectivity index (χ2n) is 3.13. The molecule has 0 bridgehead atoms. The molecule has 0 unspecified atom stereocenters. The zero-order valence-corrected chi connectivity index (χ0v) is 8.86. The van der Waals surface area contributed by atoms with E-state index < -0.39 is 10.0 Å². The van der Waals surface area contributed by atoms with Crippen molar-refractivity contribution < 1.29 is 8.42 Å². The average Bonchev–Trinajstić information content (AvgIpc) is 2.81. The van der Waals surface area contributed by atoms with E-state index in [-0.39, 0.29) is 10.3 Å². The summed E-state index contributed by atoms with van der Waals surface area (Å²) >= 11 is 0.998. The minimum absolute atomic E-state index is 0.104. The van der Waals surface area contributed by atoms with E-state index in [4.69, 9.17) is 5.26 Å². The van der Waals surface area contributed by atoms with Crippen molar-refractivity contribution in [1.29, 1.82) is 5.26 Å². The molecule has 6 heteroatoms. The molecule has 1 aliphatic carbocycles. The molecule has 1 aromatic heterocycles. The van der Waals surface area contributed by atoms with E-state index in [1.54, 1.807) is 0 Å². The smallest absolute Gasteiger partial charge is 0.207 e. The molecule has 1 saturated carbocycles. The van der Waals surface area contributed by atoms with Gasteiger partial charge in [0.2, 0.25) is 10.0 Å². The predicted molar refractivity (Wildman–Crippen MR) is 52.4 cm³/mol. The van der Waals surface area contributed by atoms with Crippen LogP contribution in [0.4, 0.5) is 0 Å². The van der Waals surface area contributed by atoms with E-state index in [0.29, 0.717) is 4.88 Å². The quantitative estimate of drug-likeness (QED) is 0.841. The zero-order chi connectivity index (χ0) is 10.2. The van der Waals surface area contributed by atoms with Crippen molar-refractivity contribution in [2.75, 3.05) is 0 Å². The third-order valence-corrected chi connectivity index (χ3v) is 4.86. The number of nitrogens with zero attached hydrogens (tertiary/aromatic N) is 1. The maximum Gasteiger partial charge on any atom is 0.250 e. The summed E-state index contributed by atoms with van der Waals surface area (Å²) in [4.78, 5) is 0.418. The maximum absolute atomic E-state index is 11.6. The Morgan fingerprint density at radius 2 is 2.21 bits per heavy atom. The summed E-state index contributed by atoms with van der Waals surface area (Å²) in [5.41, 5.74) is 0. The molecule has 0 saturated heterocycles. The molecule has 0 aromatic carbocycles. The standard InChI is InChI=1S/C8H8N2O2S2/c9-5-7-3-4-8(13-7)14(11,12)10-6-1-2-6/h3-4,6,10H,1-2H2. The van der Waals surface area contributed by atoms with Crippen LogP contribution in [0, 0.1) is 11.3 Å². The van der Waals surface area contributed by atoms with Crippen LogP contribution in [0.25, 0.3) is 0 Å². The molecular formula is C8H8N2O2S2. The molecule has 0 radical (unpaired) electrons. The Balaban J connectivity index is 2.24. The summed E-state index contributed by atoms with van der Waals surface area (Å²) < 4.78 is 26.0. The van der Waals surface area contributed by atoms with Crippen LogP contribution in [0.3, 0.4) is 0 Å². The summed E-state index contributed by atoms with van der Waals surface area (Å²) in [6, 6.07) is 5.01. The highest BCUT2D eigenvalue weighted by Crippen LogP contribution is 2.25. The normalized spacial score (nSPS) is 16.5. The van der Waals surface area contributed by atoms with E-state index in [0.717, 1.165) is 24.2 Å². The Hall–Kier alpha value is -0.900. The lowest BCUT2D eigenvalue weighted by atomic mass is 10.5. The topological polar surface area (TPSA) is 70.0 Å². The number of rotatable bonds is 3. The van der Waals surface area contributed by atoms with Crippen LogP contribution in [0.15, 0.2) is 16.3 Å². The first-order valence-corrected chi connectivity index (χ1v) is 6.44. The molecule has 74 valence electrons. The predicted octanol–water partition coefficient (Wildman–Crippen LogP) is 1.06. The molecule has 1 fully saturated rings. The van der Waals surface area contributed by atoms with Gasteiger partial charge in [-0.25, -0.2) is 13.1 Å². The number of thiophene rings is 1. The molecule has 0 amide bonds. The zero-order valence-electron chi connectivity index (χ0n) is 7.23. The monoisotopic (exact) mass is 228 g/mol. The lowest BCUT2D eigenvalue weighted by Gasteiger charge is -2.00. The van der Waals surface area contributed by atoms with Gasteiger partial charge in [-0.2, -0.15) is 5.26 Å². The van der Waals surface area contributed by atoms with Gasteiger partial charge in [0.1, 0.15) is 15.2 Å². The van der Waals surface area contributed by atoms with Gasteiger partial charge < -0.3 is 0 Å². The summed E-state index contributed by atoms with van der Waals surface area (Å²) in [5.74, 6) is 0. The largest absolute Gasteiger partial charge is 0.250 e. The average molecular weight is 228 g/mol. The maximum atomic E-state index is 11.6. The third-order valence-electron chi connectivity index (χ3n) is 1.86. The lowest BCUT2D eigenvalue weighted by Crippen LogP contribution is -2.24. The Bertz CT molecular complexity index is 480. The molecule has 1 N–H and O–H groups in total. The molecule has 0 spiro atoms. The Labute approximate surface area is 86.2 Å². The highest BCUT2D eigenvalue weighted by Gasteiger charge is 2.28. The van der Waals surface area contributed by atoms with Crippen LogP contribution in [0.1, 0.15) is 17.7 Å². The summed E-state index contributed by atoms with van der Waals surface area (Å²) in [7, 11) is -3.37. The lowest BCUT2D eigenvalue weighted by molar-refractivity contribution is 0.583. The molecule has 4 nitrogen and oxygen atoms in total. The van der Waals surface area contributed by atoms with Crippen molar-refractivity contribution in [1.82, 2.24) is 4.72 Å². The Morgan fingerprint density at radius 1 is 1.50 bits per heavy atom. The van der Waals surface area contributed by atoms with Gasteiger partial charge in [0.15, 0.2) is 0 Å². The third kappa shape index (κ3) is 1.95. The van der Waals surface area contributed by atoms with Gasteiger partial charge in [-0.3, -0.25) is 0 Å². The highest BCUT2D eigenvalue weighted by atomic mass is 32.2. The van der Waals surface area contributed by atoms with Crippen molar-refractivity contribution in [3.8, 4) is 6.07 Å². The van der Waals surface area contributed by atoms with E-state index in [2.05, 4.69) is 4.72 Å². The minimum Gasteiger partial charge on any atom is -0.207 e. The van der Waals surface area contributed by atoms with Crippen LogP contribution in [0.2, 0.25) is 0 Å². The highest BCUT2D eigenvalue weighted by molar-refractivity contribution is 7.91. The van der Waals surface area contributed by atoms with E-state index in [1.165, 1.54) is 12.1 Å². The second kappa shape index (κ2) is 3.35. The van der Waals surface area contributed by atoms with Crippen LogP contribution < -0.4 is 4.72 Å². The first-order chi connectivity index (χ1) is 6.62. The van der Waals surface area contributed by atoms with Crippen molar-refractivity contribution in [3.05, 3.63) is 17.0 Å². The fourth-order valence-corrected chi connectivity index (χ4v) is 3.43. The van der Waals surface area contributed by atoms with Crippen molar-refractivity contribution in [2.24, 2.45) is 0 Å². The number of sulfonamides is 1. The van der Waals surface area contributed by atoms with Crippen LogP contribution >= 0.6 is 11.3 Å². The Kier molecular flexibility index (Phi) is 2.31. The van der Waals surface area contributed by atoms with Gasteiger partial charge in [0, 0.05) is 6.04 Å². The van der Waals surface area contributed by atoms with Gasteiger partial charge in [0.05, 0.1) is 0 Å². The van der Waals surface area contributed by atoms with E-state index >= 15 is 0 Å². The number of nitriles is 1. The molecule has 1 aromatic rings. The number of hydrogen-bond donors (Lipinski definition) is 1. The summed E-state index contributed by atoms with van der Waals surface area (Å²) in [6.45, 7) is 0. The fourth-order valence-electron chi connectivity index (χ4n) is 1.00. The van der Waals surface area contributed by atoms with Gasteiger partial charge in [0.25, 0.3) is 0 Å². The number of nitrogens with one attached hydrogen (secondary N) is 1. The summed E-state index contributed by atoms with van der Waals surface area (Å²) in [6.07, 6.45) is 1.82. The van der Waals surface area contributed by atoms with Crippen LogP contribution in [-0.4, -0.2) is 14.5 Å². The van der Waals surface area contributed by atoms with Crippen molar-refractivity contribution in [2.45, 2.75) is 23.1 Å². The van der Waals surface area contributed by atoms with Gasteiger partial charge in [-0.1, -0.05) is 0 Å². The number of hydrogen-bond acceptors (Lipinski definition) is 4. The minimum atomic E-state index is -3.37. The van der Waals surface area contributed by atoms with Gasteiger partial charge >= 0.3 is 0 Å². The SMILES string of the molecule is N#Cc1ccc(S(=O)(=O)NC2CC2)s1. The molecule has 0 atom stereocenters. The van der Waals surface area contributed by atoms with Crippen LogP contribution in [0.5, 0.6) is 0 Å².